The van der Waals surface area contributed by atoms with Crippen LogP contribution in [0.5, 0.6) is 0 Å². The summed E-state index contributed by atoms with van der Waals surface area (Å²) in [6.07, 6.45) is 0. The molecule has 0 bridgehead atoms. The van der Waals surface area contributed by atoms with Crippen LogP contribution in [0, 0.1) is 11.8 Å². The Balaban J connectivity index is 0.00000300. The van der Waals surface area contributed by atoms with E-state index in [1.165, 1.54) is 0 Å². The van der Waals surface area contributed by atoms with Crippen molar-refractivity contribution < 1.29 is 4.79 Å². The monoisotopic (exact) mass is 430 g/mol. The first-order valence-corrected chi connectivity index (χ1v) is 10.2. The highest BCUT2D eigenvalue weighted by Crippen LogP contribution is 2.30. The predicted molar refractivity (Wildman–Crippen MR) is 125 cm³/mol. The molecule has 0 saturated carbocycles. The van der Waals surface area contributed by atoms with Gasteiger partial charge in [-0.3, -0.25) is 4.79 Å². The zero-order chi connectivity index (χ0) is 20.3. The molecular weight excluding hydrogens is 403 g/mol. The minimum absolute atomic E-state index is 0. The average Bonchev–Trinajstić information content (AvgIpc) is 2.65. The molecule has 3 aromatic rings. The molecule has 0 aliphatic rings. The lowest BCUT2D eigenvalue weighted by Crippen LogP contribution is -2.37. The molecule has 1 amide bonds. The second-order valence-electron chi connectivity index (χ2n) is 8.05. The van der Waals surface area contributed by atoms with Crippen molar-refractivity contribution in [1.82, 2.24) is 9.88 Å². The molecule has 29 heavy (non-hydrogen) atoms. The second-order valence-corrected chi connectivity index (χ2v) is 8.46. The van der Waals surface area contributed by atoms with Gasteiger partial charge < -0.3 is 4.90 Å². The minimum Gasteiger partial charge on any atom is -0.338 e. The maximum atomic E-state index is 13.6. The molecule has 5 heteroatoms. The smallest absolute Gasteiger partial charge is 0.254 e. The third kappa shape index (κ3) is 5.49. The van der Waals surface area contributed by atoms with E-state index in [4.69, 9.17) is 16.6 Å². The van der Waals surface area contributed by atoms with Gasteiger partial charge in [0.05, 0.1) is 16.8 Å². The van der Waals surface area contributed by atoms with Gasteiger partial charge in [-0.1, -0.05) is 75.7 Å². The molecule has 0 aliphatic heterocycles. The number of halogens is 2. The number of pyridine rings is 1. The number of carbonyl (C=O) groups excluding carboxylic acids is 1. The quantitative estimate of drug-likeness (QED) is 0.434. The fourth-order valence-corrected chi connectivity index (χ4v) is 3.68. The van der Waals surface area contributed by atoms with Crippen LogP contribution >= 0.6 is 24.0 Å². The molecule has 1 heterocycles. The van der Waals surface area contributed by atoms with E-state index in [2.05, 4.69) is 27.7 Å². The minimum atomic E-state index is 0. The van der Waals surface area contributed by atoms with Crippen molar-refractivity contribution in [2.24, 2.45) is 11.8 Å². The number of amides is 1. The van der Waals surface area contributed by atoms with Crippen LogP contribution in [0.4, 0.5) is 0 Å². The summed E-state index contributed by atoms with van der Waals surface area (Å²) < 4.78 is 0. The Morgan fingerprint density at radius 2 is 1.55 bits per heavy atom. The van der Waals surface area contributed by atoms with Crippen molar-refractivity contribution >= 4 is 40.8 Å². The van der Waals surface area contributed by atoms with E-state index in [9.17, 15) is 4.79 Å². The summed E-state index contributed by atoms with van der Waals surface area (Å²) in [5, 5.41) is 1.51. The summed E-state index contributed by atoms with van der Waals surface area (Å²) in [4.78, 5) is 20.3. The van der Waals surface area contributed by atoms with Crippen LogP contribution in [0.15, 0.2) is 54.6 Å². The number of hydrogen-bond acceptors (Lipinski definition) is 2. The standard InChI is InChI=1S/C24H27ClN2O.ClH/c1-16(2)14-27(15-17(3)4)24(28)20-13-23(19-10-5-7-11-21(19)25)26-22-12-8-6-9-18(20)22;/h5-13,16-17H,14-15H2,1-4H3;1H. The van der Waals surface area contributed by atoms with Crippen molar-refractivity contribution in [2.75, 3.05) is 13.1 Å². The first kappa shape index (κ1) is 23.2. The molecule has 0 spiro atoms. The van der Waals surface area contributed by atoms with Crippen LogP contribution in [-0.2, 0) is 0 Å². The van der Waals surface area contributed by atoms with Crippen LogP contribution in [0.1, 0.15) is 38.1 Å². The van der Waals surface area contributed by atoms with Gasteiger partial charge in [0.15, 0.2) is 0 Å². The molecule has 0 aliphatic carbocycles. The van der Waals surface area contributed by atoms with Gasteiger partial charge in [0.2, 0.25) is 0 Å². The molecule has 0 radical (unpaired) electrons. The third-order valence-corrected chi connectivity index (χ3v) is 4.88. The Morgan fingerprint density at radius 1 is 0.966 bits per heavy atom. The van der Waals surface area contributed by atoms with Crippen LogP contribution in [0.25, 0.3) is 22.2 Å². The first-order valence-electron chi connectivity index (χ1n) is 9.80. The molecule has 0 atom stereocenters. The SMILES string of the molecule is CC(C)CN(CC(C)C)C(=O)c1cc(-c2ccccc2Cl)nc2ccccc12.Cl. The summed E-state index contributed by atoms with van der Waals surface area (Å²) in [6.45, 7) is 10.0. The molecular formula is C24H28Cl2N2O. The Morgan fingerprint density at radius 3 is 2.17 bits per heavy atom. The number of rotatable bonds is 6. The van der Waals surface area contributed by atoms with Gasteiger partial charge in [-0.15, -0.1) is 12.4 Å². The van der Waals surface area contributed by atoms with E-state index in [-0.39, 0.29) is 18.3 Å². The lowest BCUT2D eigenvalue weighted by atomic mass is 10.0. The Hall–Kier alpha value is -2.10. The largest absolute Gasteiger partial charge is 0.338 e. The van der Waals surface area contributed by atoms with Crippen LogP contribution in [0.2, 0.25) is 5.02 Å². The first-order chi connectivity index (χ1) is 13.4. The molecule has 0 unspecified atom stereocenters. The molecule has 0 fully saturated rings. The van der Waals surface area contributed by atoms with E-state index < -0.39 is 0 Å². The highest BCUT2D eigenvalue weighted by molar-refractivity contribution is 6.33. The fourth-order valence-electron chi connectivity index (χ4n) is 3.45. The Kier molecular flexibility index (Phi) is 8.06. The van der Waals surface area contributed by atoms with Crippen LogP contribution in [-0.4, -0.2) is 28.9 Å². The summed E-state index contributed by atoms with van der Waals surface area (Å²) in [6, 6.07) is 17.3. The maximum absolute atomic E-state index is 13.6. The number of para-hydroxylation sites is 1. The summed E-state index contributed by atoms with van der Waals surface area (Å²) in [5.74, 6) is 0.854. The van der Waals surface area contributed by atoms with Gasteiger partial charge in [-0.2, -0.15) is 0 Å². The lowest BCUT2D eigenvalue weighted by molar-refractivity contribution is 0.0717. The van der Waals surface area contributed by atoms with Gasteiger partial charge in [0.25, 0.3) is 5.91 Å². The van der Waals surface area contributed by atoms with Crippen molar-refractivity contribution in [3.63, 3.8) is 0 Å². The Bertz CT molecular complexity index is 976. The molecule has 2 aromatic carbocycles. The lowest BCUT2D eigenvalue weighted by Gasteiger charge is -2.27. The molecule has 0 saturated heterocycles. The average molecular weight is 431 g/mol. The van der Waals surface area contributed by atoms with E-state index in [1.54, 1.807) is 0 Å². The third-order valence-electron chi connectivity index (χ3n) is 4.55. The fraction of sp³-hybridized carbons (Fsp3) is 0.333. The zero-order valence-corrected chi connectivity index (χ0v) is 18.9. The Labute approximate surface area is 184 Å². The van der Waals surface area contributed by atoms with Crippen molar-refractivity contribution in [2.45, 2.75) is 27.7 Å². The normalized spacial score (nSPS) is 11.0. The van der Waals surface area contributed by atoms with Crippen molar-refractivity contribution in [3.05, 3.63) is 65.2 Å². The summed E-state index contributed by atoms with van der Waals surface area (Å²) >= 11 is 6.41. The molecule has 3 rings (SSSR count). The number of nitrogens with zero attached hydrogens (tertiary/aromatic N) is 2. The van der Waals surface area contributed by atoms with E-state index >= 15 is 0 Å². The van der Waals surface area contributed by atoms with Gasteiger partial charge in [-0.25, -0.2) is 4.98 Å². The molecule has 1 aromatic heterocycles. The molecule has 0 N–H and O–H groups in total. The van der Waals surface area contributed by atoms with Crippen LogP contribution < -0.4 is 0 Å². The second kappa shape index (κ2) is 10.1. The van der Waals surface area contributed by atoms with E-state index in [1.807, 2.05) is 59.5 Å². The number of hydrogen-bond donors (Lipinski definition) is 0. The van der Waals surface area contributed by atoms with Crippen LogP contribution in [0.3, 0.4) is 0 Å². The number of aromatic nitrogens is 1. The summed E-state index contributed by atoms with van der Waals surface area (Å²) in [5.41, 5.74) is 3.05. The molecule has 3 nitrogen and oxygen atoms in total. The van der Waals surface area contributed by atoms with Gasteiger partial charge in [-0.05, 0) is 30.0 Å². The number of benzene rings is 2. The maximum Gasteiger partial charge on any atom is 0.254 e. The highest BCUT2D eigenvalue weighted by Gasteiger charge is 2.22. The summed E-state index contributed by atoms with van der Waals surface area (Å²) in [7, 11) is 0. The van der Waals surface area contributed by atoms with Crippen molar-refractivity contribution in [1.29, 1.82) is 0 Å². The van der Waals surface area contributed by atoms with E-state index in [0.29, 0.717) is 22.4 Å². The van der Waals surface area contributed by atoms with Gasteiger partial charge in [0, 0.05) is 29.1 Å². The van der Waals surface area contributed by atoms with Crippen molar-refractivity contribution in [3.8, 4) is 11.3 Å². The number of fused-ring (bicyclic) bond motifs is 1. The van der Waals surface area contributed by atoms with E-state index in [0.717, 1.165) is 35.2 Å². The predicted octanol–water partition coefficient (Wildman–Crippen LogP) is 6.73. The topological polar surface area (TPSA) is 33.2 Å². The highest BCUT2D eigenvalue weighted by atomic mass is 35.5. The number of carbonyl (C=O) groups is 1. The zero-order valence-electron chi connectivity index (χ0n) is 17.4. The van der Waals surface area contributed by atoms with Gasteiger partial charge in [0.1, 0.15) is 0 Å². The van der Waals surface area contributed by atoms with Gasteiger partial charge >= 0.3 is 0 Å². The molecule has 154 valence electrons.